The molecule has 0 radical (unpaired) electrons. The van der Waals surface area contributed by atoms with Crippen molar-refractivity contribution in [2.24, 2.45) is 0 Å². The summed E-state index contributed by atoms with van der Waals surface area (Å²) in [5.74, 6) is -0.0770. The van der Waals surface area contributed by atoms with Crippen molar-refractivity contribution in [3.8, 4) is 0 Å². The van der Waals surface area contributed by atoms with Gasteiger partial charge in [-0.15, -0.1) is 5.10 Å². The Bertz CT molecular complexity index is 917. The molecule has 134 valence electrons. The van der Waals surface area contributed by atoms with Crippen LogP contribution >= 0.6 is 0 Å². The van der Waals surface area contributed by atoms with Crippen molar-refractivity contribution in [2.75, 3.05) is 5.32 Å². The van der Waals surface area contributed by atoms with Gasteiger partial charge in [0.2, 0.25) is 11.9 Å². The number of nitrogens with one attached hydrogen (secondary N) is 1. The van der Waals surface area contributed by atoms with Gasteiger partial charge in [0.25, 0.3) is 0 Å². The van der Waals surface area contributed by atoms with Gasteiger partial charge in [0.15, 0.2) is 0 Å². The number of amides is 1. The third-order valence-electron chi connectivity index (χ3n) is 3.66. The first-order valence-corrected chi connectivity index (χ1v) is 7.93. The lowest BCUT2D eigenvalue weighted by atomic mass is 10.2. The fourth-order valence-corrected chi connectivity index (χ4v) is 2.40. The largest absolute Gasteiger partial charge is 0.309 e. The Labute approximate surface area is 148 Å². The van der Waals surface area contributed by atoms with Crippen LogP contribution in [0, 0.1) is 17.0 Å². The van der Waals surface area contributed by atoms with Crippen LogP contribution in [0.25, 0.3) is 0 Å². The van der Waals surface area contributed by atoms with Crippen LogP contribution in [0.4, 0.5) is 11.6 Å². The van der Waals surface area contributed by atoms with Gasteiger partial charge in [-0.3, -0.25) is 24.9 Å². The monoisotopic (exact) mass is 355 g/mol. The van der Waals surface area contributed by atoms with Crippen LogP contribution in [0.15, 0.2) is 42.9 Å². The van der Waals surface area contributed by atoms with E-state index in [-0.39, 0.29) is 30.5 Å². The van der Waals surface area contributed by atoms with Crippen LogP contribution < -0.4 is 5.32 Å². The summed E-state index contributed by atoms with van der Waals surface area (Å²) in [5.41, 5.74) is 1.33. The van der Waals surface area contributed by atoms with E-state index in [1.165, 1.54) is 10.9 Å². The summed E-state index contributed by atoms with van der Waals surface area (Å²) in [6.07, 6.45) is 2.96. The van der Waals surface area contributed by atoms with Crippen LogP contribution in [0.3, 0.4) is 0 Å². The number of nitrogens with zero attached hydrogens (tertiary/aromatic N) is 6. The van der Waals surface area contributed by atoms with Crippen molar-refractivity contribution in [2.45, 2.75) is 26.4 Å². The molecule has 0 spiro atoms. The lowest BCUT2D eigenvalue weighted by Crippen LogP contribution is -2.16. The average molecular weight is 355 g/mol. The second-order valence-corrected chi connectivity index (χ2v) is 5.67. The maximum atomic E-state index is 12.0. The predicted octanol–water partition coefficient (Wildman–Crippen LogP) is 1.77. The molecule has 0 saturated carbocycles. The lowest BCUT2D eigenvalue weighted by molar-refractivity contribution is -0.385. The summed E-state index contributed by atoms with van der Waals surface area (Å²) in [4.78, 5) is 26.4. The first-order valence-electron chi connectivity index (χ1n) is 7.93. The third-order valence-corrected chi connectivity index (χ3v) is 3.66. The fraction of sp³-hybridized carbons (Fsp3) is 0.250. The highest BCUT2D eigenvalue weighted by Crippen LogP contribution is 2.15. The fourth-order valence-electron chi connectivity index (χ4n) is 2.40. The second kappa shape index (κ2) is 7.55. The Morgan fingerprint density at radius 2 is 2.00 bits per heavy atom. The molecule has 0 atom stereocenters. The first kappa shape index (κ1) is 17.3. The summed E-state index contributed by atoms with van der Waals surface area (Å²) < 4.78 is 3.01. The Kier molecular flexibility index (Phi) is 5.02. The van der Waals surface area contributed by atoms with Crippen molar-refractivity contribution in [1.29, 1.82) is 0 Å². The van der Waals surface area contributed by atoms with Crippen molar-refractivity contribution < 1.29 is 9.72 Å². The molecular weight excluding hydrogens is 338 g/mol. The number of aromatic nitrogens is 5. The molecule has 3 aromatic rings. The summed E-state index contributed by atoms with van der Waals surface area (Å²) in [5, 5.41) is 21.6. The van der Waals surface area contributed by atoms with Crippen molar-refractivity contribution in [3.63, 3.8) is 0 Å². The maximum Gasteiger partial charge on any atom is 0.309 e. The summed E-state index contributed by atoms with van der Waals surface area (Å²) in [7, 11) is 0. The number of carbonyl (C=O) groups is 1. The van der Waals surface area contributed by atoms with E-state index >= 15 is 0 Å². The second-order valence-electron chi connectivity index (χ2n) is 5.67. The molecule has 1 aromatic carbocycles. The van der Waals surface area contributed by atoms with Crippen LogP contribution in [-0.2, 0) is 17.9 Å². The van der Waals surface area contributed by atoms with E-state index in [1.807, 2.05) is 30.3 Å². The molecule has 2 aromatic heterocycles. The van der Waals surface area contributed by atoms with Gasteiger partial charge in [-0.1, -0.05) is 30.3 Å². The molecular formula is C16H17N7O3. The van der Waals surface area contributed by atoms with Crippen molar-refractivity contribution >= 4 is 17.5 Å². The molecule has 26 heavy (non-hydrogen) atoms. The third kappa shape index (κ3) is 4.29. The molecule has 0 fully saturated rings. The molecule has 0 aliphatic heterocycles. The van der Waals surface area contributed by atoms with Crippen LogP contribution in [0.1, 0.15) is 17.7 Å². The van der Waals surface area contributed by atoms with Gasteiger partial charge in [0, 0.05) is 13.0 Å². The van der Waals surface area contributed by atoms with Crippen LogP contribution in [-0.4, -0.2) is 35.4 Å². The van der Waals surface area contributed by atoms with Crippen molar-refractivity contribution in [3.05, 3.63) is 64.2 Å². The molecule has 0 aliphatic carbocycles. The Balaban J connectivity index is 1.52. The van der Waals surface area contributed by atoms with E-state index in [4.69, 9.17) is 0 Å². The first-order chi connectivity index (χ1) is 12.5. The standard InChI is InChI=1S/C16H17N7O3/c1-12-14(23(25)26)10-21(19-12)8-7-15(24)18-16-17-11-22(20-16)9-13-5-3-2-4-6-13/h2-6,10-11H,7-9H2,1H3,(H,18,20,24). The summed E-state index contributed by atoms with van der Waals surface area (Å²) >= 11 is 0. The van der Waals surface area contributed by atoms with Crippen LogP contribution in [0.5, 0.6) is 0 Å². The van der Waals surface area contributed by atoms with Gasteiger partial charge >= 0.3 is 5.69 Å². The van der Waals surface area contributed by atoms with E-state index < -0.39 is 4.92 Å². The normalized spacial score (nSPS) is 10.7. The van der Waals surface area contributed by atoms with E-state index in [2.05, 4.69) is 20.5 Å². The Hall–Kier alpha value is -3.56. The minimum absolute atomic E-state index is 0.0632. The zero-order valence-corrected chi connectivity index (χ0v) is 14.1. The topological polar surface area (TPSA) is 121 Å². The number of benzene rings is 1. The van der Waals surface area contributed by atoms with E-state index in [0.717, 1.165) is 5.56 Å². The van der Waals surface area contributed by atoms with Gasteiger partial charge in [0.1, 0.15) is 18.2 Å². The SMILES string of the molecule is Cc1nn(CCC(=O)Nc2ncn(Cc3ccccc3)n2)cc1[N+](=O)[O-]. The molecule has 10 nitrogen and oxygen atoms in total. The molecule has 3 rings (SSSR count). The number of anilines is 1. The van der Waals surface area contributed by atoms with Gasteiger partial charge in [-0.05, 0) is 12.5 Å². The number of nitro groups is 1. The van der Waals surface area contributed by atoms with Gasteiger partial charge in [-0.25, -0.2) is 9.67 Å². The molecule has 0 unspecified atom stereocenters. The molecule has 1 amide bonds. The Morgan fingerprint density at radius 3 is 2.69 bits per heavy atom. The smallest absolute Gasteiger partial charge is 0.293 e. The van der Waals surface area contributed by atoms with Gasteiger partial charge in [-0.2, -0.15) is 5.10 Å². The Morgan fingerprint density at radius 1 is 1.23 bits per heavy atom. The quantitative estimate of drug-likeness (QED) is 0.509. The zero-order valence-electron chi connectivity index (χ0n) is 14.1. The molecule has 0 aliphatic rings. The minimum atomic E-state index is -0.498. The molecule has 0 bridgehead atoms. The minimum Gasteiger partial charge on any atom is -0.293 e. The highest BCUT2D eigenvalue weighted by molar-refractivity contribution is 5.88. The zero-order chi connectivity index (χ0) is 18.5. The van der Waals surface area contributed by atoms with E-state index in [9.17, 15) is 14.9 Å². The van der Waals surface area contributed by atoms with E-state index in [1.54, 1.807) is 17.9 Å². The molecule has 2 heterocycles. The number of carbonyl (C=O) groups excluding carboxylic acids is 1. The van der Waals surface area contributed by atoms with Gasteiger partial charge < -0.3 is 0 Å². The number of hydrogen-bond acceptors (Lipinski definition) is 6. The molecule has 10 heteroatoms. The maximum absolute atomic E-state index is 12.0. The summed E-state index contributed by atoms with van der Waals surface area (Å²) in [6.45, 7) is 2.34. The highest BCUT2D eigenvalue weighted by Gasteiger charge is 2.16. The molecule has 1 N–H and O–H groups in total. The van der Waals surface area contributed by atoms with Crippen LogP contribution in [0.2, 0.25) is 0 Å². The number of aryl methyl sites for hydroxylation is 2. The number of hydrogen-bond donors (Lipinski definition) is 1. The van der Waals surface area contributed by atoms with Crippen molar-refractivity contribution in [1.82, 2.24) is 24.5 Å². The van der Waals surface area contributed by atoms with E-state index in [0.29, 0.717) is 12.2 Å². The number of rotatable bonds is 7. The van der Waals surface area contributed by atoms with Gasteiger partial charge in [0.05, 0.1) is 11.5 Å². The highest BCUT2D eigenvalue weighted by atomic mass is 16.6. The summed E-state index contributed by atoms with van der Waals surface area (Å²) in [6, 6.07) is 9.77. The lowest BCUT2D eigenvalue weighted by Gasteiger charge is -2.02. The predicted molar refractivity (Wildman–Crippen MR) is 92.4 cm³/mol. The molecule has 0 saturated heterocycles. The average Bonchev–Trinajstić information content (AvgIpc) is 3.20.